The van der Waals surface area contributed by atoms with Crippen LogP contribution in [0, 0.1) is 0 Å². The maximum absolute atomic E-state index is 12.6. The Morgan fingerprint density at radius 1 is 1.07 bits per heavy atom. The number of aromatic nitrogens is 1. The van der Waals surface area contributed by atoms with Gasteiger partial charge in [-0.2, -0.15) is 0 Å². The van der Waals surface area contributed by atoms with Crippen LogP contribution in [-0.4, -0.2) is 19.9 Å². The Bertz CT molecular complexity index is 902. The van der Waals surface area contributed by atoms with E-state index in [9.17, 15) is 8.42 Å². The van der Waals surface area contributed by atoms with Gasteiger partial charge in [0.1, 0.15) is 5.82 Å². The van der Waals surface area contributed by atoms with E-state index in [1.165, 1.54) is 31.3 Å². The number of pyridine rings is 1. The molecule has 0 bridgehead atoms. The Kier molecular flexibility index (Phi) is 6.73. The summed E-state index contributed by atoms with van der Waals surface area (Å²) in [6.45, 7) is 5.00. The molecule has 0 spiro atoms. The van der Waals surface area contributed by atoms with Gasteiger partial charge in [-0.3, -0.25) is 4.72 Å². The van der Waals surface area contributed by atoms with E-state index in [1.54, 1.807) is 30.5 Å². The van der Waals surface area contributed by atoms with Gasteiger partial charge < -0.3 is 5.32 Å². The van der Waals surface area contributed by atoms with E-state index in [-0.39, 0.29) is 4.90 Å². The van der Waals surface area contributed by atoms with E-state index in [1.807, 2.05) is 12.1 Å². The van der Waals surface area contributed by atoms with Crippen molar-refractivity contribution in [3.63, 3.8) is 0 Å². The predicted octanol–water partition coefficient (Wildman–Crippen LogP) is 5.31. The zero-order valence-electron chi connectivity index (χ0n) is 16.6. The van der Waals surface area contributed by atoms with Crippen LogP contribution in [0.3, 0.4) is 0 Å². The molecule has 0 saturated carbocycles. The lowest BCUT2D eigenvalue weighted by Gasteiger charge is -2.13. The maximum Gasteiger partial charge on any atom is 0.261 e. The SMILES string of the molecule is CC(C)c1ccc(S(=O)(=O)Nc2ccc(NCCC3=CCCCC3)nc2)cc1. The van der Waals surface area contributed by atoms with Gasteiger partial charge in [-0.1, -0.05) is 37.6 Å². The minimum absolute atomic E-state index is 0.250. The van der Waals surface area contributed by atoms with Gasteiger partial charge in [0.25, 0.3) is 10.0 Å². The summed E-state index contributed by atoms with van der Waals surface area (Å²) < 4.78 is 27.7. The first-order valence-corrected chi connectivity index (χ1v) is 11.4. The van der Waals surface area contributed by atoms with Crippen molar-refractivity contribution in [3.05, 3.63) is 59.8 Å². The topological polar surface area (TPSA) is 71.1 Å². The Morgan fingerprint density at radius 2 is 1.86 bits per heavy atom. The Balaban J connectivity index is 1.56. The van der Waals surface area contributed by atoms with Crippen molar-refractivity contribution in [2.75, 3.05) is 16.6 Å². The molecule has 0 radical (unpaired) electrons. The number of hydrogen-bond donors (Lipinski definition) is 2. The van der Waals surface area contributed by atoms with Gasteiger partial charge >= 0.3 is 0 Å². The summed E-state index contributed by atoms with van der Waals surface area (Å²) in [4.78, 5) is 4.57. The minimum atomic E-state index is -3.62. The first-order chi connectivity index (χ1) is 13.4. The molecular weight excluding hydrogens is 370 g/mol. The van der Waals surface area contributed by atoms with Crippen LogP contribution < -0.4 is 10.0 Å². The lowest BCUT2D eigenvalue weighted by atomic mass is 9.97. The molecule has 2 N–H and O–H groups in total. The summed E-state index contributed by atoms with van der Waals surface area (Å²) >= 11 is 0. The van der Waals surface area contributed by atoms with Crippen LogP contribution in [0.25, 0.3) is 0 Å². The molecule has 1 aliphatic carbocycles. The number of nitrogens with one attached hydrogen (secondary N) is 2. The van der Waals surface area contributed by atoms with Gasteiger partial charge in [-0.25, -0.2) is 13.4 Å². The van der Waals surface area contributed by atoms with Gasteiger partial charge in [0.2, 0.25) is 0 Å². The number of sulfonamides is 1. The second-order valence-electron chi connectivity index (χ2n) is 7.55. The zero-order chi connectivity index (χ0) is 20.0. The van der Waals surface area contributed by atoms with Crippen molar-refractivity contribution in [1.82, 2.24) is 4.98 Å². The summed E-state index contributed by atoms with van der Waals surface area (Å²) in [6, 6.07) is 10.5. The van der Waals surface area contributed by atoms with E-state index < -0.39 is 10.0 Å². The molecule has 5 nitrogen and oxygen atoms in total. The summed E-state index contributed by atoms with van der Waals surface area (Å²) in [7, 11) is -3.62. The highest BCUT2D eigenvalue weighted by Gasteiger charge is 2.14. The van der Waals surface area contributed by atoms with E-state index in [4.69, 9.17) is 0 Å². The number of allylic oxidation sites excluding steroid dienone is 1. The summed E-state index contributed by atoms with van der Waals surface area (Å²) in [5.41, 5.74) is 3.08. The first-order valence-electron chi connectivity index (χ1n) is 9.95. The lowest BCUT2D eigenvalue weighted by Crippen LogP contribution is -2.13. The monoisotopic (exact) mass is 399 g/mol. The summed E-state index contributed by atoms with van der Waals surface area (Å²) in [5, 5.41) is 3.30. The second-order valence-corrected chi connectivity index (χ2v) is 9.23. The van der Waals surface area contributed by atoms with Crippen LogP contribution >= 0.6 is 0 Å². The molecule has 0 unspecified atom stereocenters. The summed E-state index contributed by atoms with van der Waals surface area (Å²) in [5.74, 6) is 1.11. The fourth-order valence-electron chi connectivity index (χ4n) is 3.29. The van der Waals surface area contributed by atoms with E-state index in [0.717, 1.165) is 24.3 Å². The number of hydrogen-bond acceptors (Lipinski definition) is 4. The normalized spacial score (nSPS) is 14.6. The number of rotatable bonds is 8. The molecule has 150 valence electrons. The molecule has 0 atom stereocenters. The summed E-state index contributed by atoms with van der Waals surface area (Å²) in [6.07, 6.45) is 9.92. The van der Waals surface area contributed by atoms with Crippen molar-refractivity contribution in [2.45, 2.75) is 56.8 Å². The molecule has 6 heteroatoms. The Labute approximate surface area is 168 Å². The number of anilines is 2. The molecule has 1 aromatic heterocycles. The molecule has 1 aromatic carbocycles. The number of nitrogens with zero attached hydrogens (tertiary/aromatic N) is 1. The highest BCUT2D eigenvalue weighted by molar-refractivity contribution is 7.92. The fraction of sp³-hybridized carbons (Fsp3) is 0.409. The van der Waals surface area contributed by atoms with Crippen molar-refractivity contribution < 1.29 is 8.42 Å². The predicted molar refractivity (Wildman–Crippen MR) is 115 cm³/mol. The van der Waals surface area contributed by atoms with Crippen LogP contribution in [0.5, 0.6) is 0 Å². The van der Waals surface area contributed by atoms with E-state index >= 15 is 0 Å². The van der Waals surface area contributed by atoms with Crippen molar-refractivity contribution in [2.24, 2.45) is 0 Å². The fourth-order valence-corrected chi connectivity index (χ4v) is 4.33. The van der Waals surface area contributed by atoms with Crippen LogP contribution in [0.15, 0.2) is 59.1 Å². The molecule has 0 saturated heterocycles. The smallest absolute Gasteiger partial charge is 0.261 e. The van der Waals surface area contributed by atoms with Crippen molar-refractivity contribution >= 4 is 21.5 Å². The minimum Gasteiger partial charge on any atom is -0.370 e. The van der Waals surface area contributed by atoms with Crippen molar-refractivity contribution in [3.8, 4) is 0 Å². The molecule has 1 heterocycles. The van der Waals surface area contributed by atoms with Gasteiger partial charge in [-0.05, 0) is 67.9 Å². The molecule has 28 heavy (non-hydrogen) atoms. The average Bonchev–Trinajstić information content (AvgIpc) is 2.70. The van der Waals surface area contributed by atoms with E-state index in [0.29, 0.717) is 11.6 Å². The van der Waals surface area contributed by atoms with Gasteiger partial charge in [0, 0.05) is 6.54 Å². The lowest BCUT2D eigenvalue weighted by molar-refractivity contribution is 0.601. The number of benzene rings is 1. The van der Waals surface area contributed by atoms with Crippen molar-refractivity contribution in [1.29, 1.82) is 0 Å². The molecule has 0 aliphatic heterocycles. The van der Waals surface area contributed by atoms with Gasteiger partial charge in [0.05, 0.1) is 16.8 Å². The second kappa shape index (κ2) is 9.24. The largest absolute Gasteiger partial charge is 0.370 e. The molecular formula is C22H29N3O2S. The Hall–Kier alpha value is -2.34. The van der Waals surface area contributed by atoms with Crippen LogP contribution in [-0.2, 0) is 10.0 Å². The van der Waals surface area contributed by atoms with Crippen LogP contribution in [0.1, 0.15) is 57.4 Å². The molecule has 2 aromatic rings. The Morgan fingerprint density at radius 3 is 2.46 bits per heavy atom. The third-order valence-electron chi connectivity index (χ3n) is 5.01. The van der Waals surface area contributed by atoms with E-state index in [2.05, 4.69) is 34.9 Å². The zero-order valence-corrected chi connectivity index (χ0v) is 17.4. The molecule has 0 fully saturated rings. The highest BCUT2D eigenvalue weighted by Crippen LogP contribution is 2.21. The molecule has 0 amide bonds. The van der Waals surface area contributed by atoms with Crippen LogP contribution in [0.2, 0.25) is 0 Å². The highest BCUT2D eigenvalue weighted by atomic mass is 32.2. The third-order valence-corrected chi connectivity index (χ3v) is 6.41. The average molecular weight is 400 g/mol. The quantitative estimate of drug-likeness (QED) is 0.590. The standard InChI is InChI=1S/C22H29N3O2S/c1-17(2)19-8-11-21(12-9-19)28(26,27)25-20-10-13-22(24-16-20)23-15-14-18-6-4-3-5-7-18/h6,8-13,16-17,25H,3-5,7,14-15H2,1-2H3,(H,23,24). The molecule has 1 aliphatic rings. The first kappa shape index (κ1) is 20.4. The van der Waals surface area contributed by atoms with Gasteiger partial charge in [-0.15, -0.1) is 0 Å². The third kappa shape index (κ3) is 5.58. The molecule has 3 rings (SSSR count). The maximum atomic E-state index is 12.6. The van der Waals surface area contributed by atoms with Crippen LogP contribution in [0.4, 0.5) is 11.5 Å². The van der Waals surface area contributed by atoms with Gasteiger partial charge in [0.15, 0.2) is 0 Å².